The second-order valence-corrected chi connectivity index (χ2v) is 7.25. The van der Waals surface area contributed by atoms with Crippen LogP contribution < -0.4 is 10.9 Å². The Kier molecular flexibility index (Phi) is 4.02. The maximum atomic E-state index is 12.8. The summed E-state index contributed by atoms with van der Waals surface area (Å²) in [5, 5.41) is 15.9. The fourth-order valence-electron chi connectivity index (χ4n) is 3.47. The predicted octanol–water partition coefficient (Wildman–Crippen LogP) is 2.58. The number of hydrogen-bond acceptors (Lipinski definition) is 5. The summed E-state index contributed by atoms with van der Waals surface area (Å²) in [6, 6.07) is 5.26. The quantitative estimate of drug-likeness (QED) is 0.473. The number of aromatic nitrogens is 3. The third-order valence-electron chi connectivity index (χ3n) is 4.65. The van der Waals surface area contributed by atoms with Gasteiger partial charge in [-0.3, -0.25) is 9.36 Å². The van der Waals surface area contributed by atoms with E-state index in [1.165, 1.54) is 16.3 Å². The first kappa shape index (κ1) is 16.5. The van der Waals surface area contributed by atoms with Gasteiger partial charge in [-0.2, -0.15) is 4.98 Å². The van der Waals surface area contributed by atoms with Gasteiger partial charge in [-0.25, -0.2) is 0 Å². The van der Waals surface area contributed by atoms with Crippen LogP contribution in [0.5, 0.6) is 5.88 Å². The Labute approximate surface area is 153 Å². The first-order chi connectivity index (χ1) is 12.0. The van der Waals surface area contributed by atoms with Gasteiger partial charge in [0.15, 0.2) is 5.16 Å². The molecule has 8 heteroatoms. The molecule has 0 bridgehead atoms. The summed E-state index contributed by atoms with van der Waals surface area (Å²) in [4.78, 5) is 20.4. The number of hydrogen-bond donors (Lipinski definition) is 3. The maximum absolute atomic E-state index is 12.8. The molecule has 0 fully saturated rings. The van der Waals surface area contributed by atoms with Gasteiger partial charge in [0, 0.05) is 35.2 Å². The Morgan fingerprint density at radius 2 is 2.24 bits per heavy atom. The minimum Gasteiger partial charge on any atom is -0.493 e. The predicted molar refractivity (Wildman–Crippen MR) is 99.8 cm³/mol. The molecule has 0 amide bonds. The minimum atomic E-state index is -0.433. The van der Waals surface area contributed by atoms with Crippen molar-refractivity contribution >= 4 is 34.3 Å². The minimum absolute atomic E-state index is 0.227. The third-order valence-corrected chi connectivity index (χ3v) is 5.61. The van der Waals surface area contributed by atoms with Crippen molar-refractivity contribution in [1.82, 2.24) is 19.9 Å². The summed E-state index contributed by atoms with van der Waals surface area (Å²) in [5.74, 6) is -0.227. The molecule has 0 spiro atoms. The van der Waals surface area contributed by atoms with Gasteiger partial charge < -0.3 is 15.4 Å². The molecule has 0 radical (unpaired) electrons. The van der Waals surface area contributed by atoms with E-state index in [2.05, 4.69) is 15.3 Å². The molecule has 2 aromatic heterocycles. The van der Waals surface area contributed by atoms with Crippen molar-refractivity contribution in [2.75, 3.05) is 12.8 Å². The number of aromatic amines is 1. The van der Waals surface area contributed by atoms with Gasteiger partial charge in [-0.15, -0.1) is 0 Å². The fraction of sp³-hybridized carbons (Fsp3) is 0.294. The smallest absolute Gasteiger partial charge is 0.262 e. The van der Waals surface area contributed by atoms with E-state index in [0.717, 1.165) is 28.6 Å². The molecule has 1 aromatic carbocycles. The summed E-state index contributed by atoms with van der Waals surface area (Å²) in [7, 11) is 1.67. The van der Waals surface area contributed by atoms with E-state index in [9.17, 15) is 9.90 Å². The molecule has 25 heavy (non-hydrogen) atoms. The van der Waals surface area contributed by atoms with Crippen LogP contribution in [0.1, 0.15) is 22.9 Å². The van der Waals surface area contributed by atoms with E-state index >= 15 is 0 Å². The highest BCUT2D eigenvalue weighted by molar-refractivity contribution is 7.98. The summed E-state index contributed by atoms with van der Waals surface area (Å²) in [5.41, 5.74) is 2.98. The monoisotopic (exact) mass is 376 g/mol. The number of rotatable bonds is 2. The average molecular weight is 377 g/mol. The fourth-order valence-corrected chi connectivity index (χ4v) is 4.18. The highest BCUT2D eigenvalue weighted by Crippen LogP contribution is 2.35. The van der Waals surface area contributed by atoms with Crippen molar-refractivity contribution in [3.05, 3.63) is 50.4 Å². The van der Waals surface area contributed by atoms with Gasteiger partial charge in [0.05, 0.1) is 6.04 Å². The average Bonchev–Trinajstić information content (AvgIpc) is 2.97. The molecule has 130 valence electrons. The Bertz CT molecular complexity index is 1040. The number of aromatic hydroxyl groups is 1. The number of thioether (sulfide) groups is 1. The van der Waals surface area contributed by atoms with Crippen molar-refractivity contribution in [3.63, 3.8) is 0 Å². The van der Waals surface area contributed by atoms with Crippen molar-refractivity contribution in [3.8, 4) is 5.88 Å². The molecule has 3 heterocycles. The van der Waals surface area contributed by atoms with Gasteiger partial charge in [0.1, 0.15) is 5.56 Å². The zero-order chi connectivity index (χ0) is 17.7. The zero-order valence-corrected chi connectivity index (χ0v) is 15.3. The SMILES string of the molecule is CSc1nc(O)c([C@H]2NCCc3c2[nH]c2ccc(Cl)cc32)c(=O)n1C. The normalized spacial score (nSPS) is 17.0. The van der Waals surface area contributed by atoms with Gasteiger partial charge in [-0.05, 0) is 36.4 Å². The van der Waals surface area contributed by atoms with Crippen LogP contribution in [0.15, 0.2) is 28.2 Å². The largest absolute Gasteiger partial charge is 0.493 e. The van der Waals surface area contributed by atoms with E-state index in [4.69, 9.17) is 11.6 Å². The lowest BCUT2D eigenvalue weighted by atomic mass is 9.95. The molecular weight excluding hydrogens is 360 g/mol. The number of H-pyrrole nitrogens is 1. The highest BCUT2D eigenvalue weighted by Gasteiger charge is 2.31. The zero-order valence-electron chi connectivity index (χ0n) is 13.8. The summed E-state index contributed by atoms with van der Waals surface area (Å²) < 4.78 is 1.47. The maximum Gasteiger partial charge on any atom is 0.262 e. The second-order valence-electron chi connectivity index (χ2n) is 6.04. The lowest BCUT2D eigenvalue weighted by Gasteiger charge is -2.25. The van der Waals surface area contributed by atoms with E-state index in [-0.39, 0.29) is 17.0 Å². The number of fused-ring (bicyclic) bond motifs is 3. The number of nitrogens with one attached hydrogen (secondary N) is 2. The first-order valence-electron chi connectivity index (χ1n) is 7.88. The van der Waals surface area contributed by atoms with Crippen LogP contribution in [0, 0.1) is 0 Å². The second kappa shape index (κ2) is 6.09. The molecule has 3 aromatic rings. The van der Waals surface area contributed by atoms with Crippen molar-refractivity contribution in [2.24, 2.45) is 7.05 Å². The number of halogens is 1. The van der Waals surface area contributed by atoms with Gasteiger partial charge in [-0.1, -0.05) is 23.4 Å². The lowest BCUT2D eigenvalue weighted by Crippen LogP contribution is -2.36. The Hall–Kier alpha value is -1.96. The molecule has 0 aliphatic carbocycles. The molecule has 1 aliphatic rings. The molecular formula is C17H17ClN4O2S. The van der Waals surface area contributed by atoms with E-state index in [1.807, 2.05) is 24.5 Å². The van der Waals surface area contributed by atoms with Crippen LogP contribution in [-0.2, 0) is 13.5 Å². The summed E-state index contributed by atoms with van der Waals surface area (Å²) in [6.45, 7) is 0.698. The number of nitrogens with zero attached hydrogens (tertiary/aromatic N) is 2. The lowest BCUT2D eigenvalue weighted by molar-refractivity contribution is 0.413. The van der Waals surface area contributed by atoms with E-state index in [0.29, 0.717) is 16.7 Å². The Morgan fingerprint density at radius 3 is 3.00 bits per heavy atom. The van der Waals surface area contributed by atoms with E-state index < -0.39 is 6.04 Å². The molecule has 0 saturated heterocycles. The Balaban J connectivity index is 1.94. The van der Waals surface area contributed by atoms with Crippen LogP contribution in [0.4, 0.5) is 0 Å². The Morgan fingerprint density at radius 1 is 1.44 bits per heavy atom. The van der Waals surface area contributed by atoms with Crippen LogP contribution in [0.2, 0.25) is 5.02 Å². The molecule has 1 atom stereocenters. The van der Waals surface area contributed by atoms with Crippen LogP contribution >= 0.6 is 23.4 Å². The van der Waals surface area contributed by atoms with Crippen molar-refractivity contribution < 1.29 is 5.11 Å². The van der Waals surface area contributed by atoms with Crippen LogP contribution in [0.3, 0.4) is 0 Å². The standard InChI is InChI=1S/C17H17ClN4O2S/c1-22-16(24)12(15(23)21-17(22)25-2)14-13-9(5-6-19-14)10-7-8(18)3-4-11(10)20-13/h3-4,7,14,19-20,23H,5-6H2,1-2H3/t14-/m1/s1. The first-order valence-corrected chi connectivity index (χ1v) is 9.48. The van der Waals surface area contributed by atoms with Crippen LogP contribution in [-0.4, -0.2) is 32.4 Å². The molecule has 4 rings (SSSR count). The molecule has 3 N–H and O–H groups in total. The van der Waals surface area contributed by atoms with Gasteiger partial charge in [0.25, 0.3) is 5.56 Å². The van der Waals surface area contributed by atoms with Gasteiger partial charge >= 0.3 is 0 Å². The van der Waals surface area contributed by atoms with Crippen LogP contribution in [0.25, 0.3) is 10.9 Å². The molecule has 0 saturated carbocycles. The van der Waals surface area contributed by atoms with E-state index in [1.54, 1.807) is 7.05 Å². The van der Waals surface area contributed by atoms with Crippen molar-refractivity contribution in [1.29, 1.82) is 0 Å². The summed E-state index contributed by atoms with van der Waals surface area (Å²) >= 11 is 7.46. The van der Waals surface area contributed by atoms with Crippen molar-refractivity contribution in [2.45, 2.75) is 17.6 Å². The summed E-state index contributed by atoms with van der Waals surface area (Å²) in [6.07, 6.45) is 2.64. The number of benzene rings is 1. The highest BCUT2D eigenvalue weighted by atomic mass is 35.5. The molecule has 1 aliphatic heterocycles. The third kappa shape index (κ3) is 2.54. The van der Waals surface area contributed by atoms with Gasteiger partial charge in [0.2, 0.25) is 5.88 Å². The molecule has 6 nitrogen and oxygen atoms in total. The molecule has 0 unspecified atom stereocenters. The topological polar surface area (TPSA) is 82.9 Å².